The molecule has 0 aliphatic carbocycles. The van der Waals surface area contributed by atoms with Crippen LogP contribution in [-0.2, 0) is 24.7 Å². The number of methoxy groups -OCH3 is 2. The van der Waals surface area contributed by atoms with Gasteiger partial charge in [0.05, 0.1) is 32.4 Å². The molecule has 0 fully saturated rings. The number of carbonyl (C=O) groups is 1. The predicted octanol–water partition coefficient (Wildman–Crippen LogP) is 3.70. The molecule has 0 bridgehead atoms. The molecule has 2 aromatic carbocycles. The van der Waals surface area contributed by atoms with Crippen LogP contribution in [0.5, 0.6) is 11.5 Å². The lowest BCUT2D eigenvalue weighted by atomic mass is 9.98. The summed E-state index contributed by atoms with van der Waals surface area (Å²) in [5, 5.41) is 7.63. The van der Waals surface area contributed by atoms with Gasteiger partial charge in [-0.1, -0.05) is 24.3 Å². The summed E-state index contributed by atoms with van der Waals surface area (Å²) >= 11 is 0. The largest absolute Gasteiger partial charge is 0.497 e. The minimum atomic E-state index is -0.158. The van der Waals surface area contributed by atoms with Crippen molar-refractivity contribution in [3.8, 4) is 11.5 Å². The molecule has 0 aliphatic heterocycles. The van der Waals surface area contributed by atoms with Crippen LogP contribution in [0.4, 0.5) is 0 Å². The Morgan fingerprint density at radius 2 is 1.57 bits per heavy atom. The van der Waals surface area contributed by atoms with Crippen molar-refractivity contribution in [3.05, 3.63) is 76.6 Å². The van der Waals surface area contributed by atoms with Gasteiger partial charge in [-0.2, -0.15) is 5.10 Å². The number of benzene rings is 2. The molecule has 0 aliphatic rings. The molecule has 1 N–H and O–H groups in total. The molecule has 6 heteroatoms. The van der Waals surface area contributed by atoms with Crippen LogP contribution in [0.15, 0.2) is 48.5 Å². The van der Waals surface area contributed by atoms with Crippen LogP contribution in [0.1, 0.15) is 34.1 Å². The van der Waals surface area contributed by atoms with Gasteiger partial charge in [-0.3, -0.25) is 9.48 Å². The van der Waals surface area contributed by atoms with E-state index in [0.29, 0.717) is 12.8 Å². The Morgan fingerprint density at radius 3 is 2.07 bits per heavy atom. The molecule has 158 valence electrons. The minimum Gasteiger partial charge on any atom is -0.497 e. The van der Waals surface area contributed by atoms with E-state index in [1.165, 1.54) is 0 Å². The molecular weight excluding hydrogens is 378 g/mol. The second kappa shape index (κ2) is 9.48. The lowest BCUT2D eigenvalue weighted by Gasteiger charge is -2.20. The first-order valence-electron chi connectivity index (χ1n) is 9.96. The van der Waals surface area contributed by atoms with E-state index >= 15 is 0 Å². The number of rotatable bonds is 8. The summed E-state index contributed by atoms with van der Waals surface area (Å²) in [6.45, 7) is 3.93. The van der Waals surface area contributed by atoms with Gasteiger partial charge in [0.15, 0.2) is 0 Å². The van der Waals surface area contributed by atoms with Gasteiger partial charge < -0.3 is 14.8 Å². The molecule has 0 unspecified atom stereocenters. The average Bonchev–Trinajstić information content (AvgIpc) is 2.99. The molecule has 6 nitrogen and oxygen atoms in total. The number of aromatic nitrogens is 2. The van der Waals surface area contributed by atoms with Crippen molar-refractivity contribution in [2.24, 2.45) is 7.05 Å². The highest BCUT2D eigenvalue weighted by molar-refractivity contribution is 5.79. The van der Waals surface area contributed by atoms with Gasteiger partial charge >= 0.3 is 0 Å². The molecular formula is C24H29N3O3. The normalized spacial score (nSPS) is 11.8. The number of aryl methyl sites for hydroxylation is 2. The van der Waals surface area contributed by atoms with E-state index in [4.69, 9.17) is 9.47 Å². The maximum atomic E-state index is 12.9. The molecule has 3 aromatic rings. The minimum absolute atomic E-state index is 0.0245. The molecule has 0 spiro atoms. The third-order valence-corrected chi connectivity index (χ3v) is 5.45. The van der Waals surface area contributed by atoms with Crippen molar-refractivity contribution in [1.82, 2.24) is 15.1 Å². The van der Waals surface area contributed by atoms with Gasteiger partial charge in [-0.15, -0.1) is 0 Å². The van der Waals surface area contributed by atoms with Gasteiger partial charge in [-0.05, 0) is 55.7 Å². The Morgan fingerprint density at radius 1 is 1.00 bits per heavy atom. The van der Waals surface area contributed by atoms with E-state index in [9.17, 15) is 4.79 Å². The first-order chi connectivity index (χ1) is 14.4. The standard InChI is InChI=1S/C24H29N3O3/c1-16-22(17(2)27(3)26-16)15-24(28)25-23(19-8-12-21(30-5)13-9-19)14-18-6-10-20(29-4)11-7-18/h6-13,23H,14-15H2,1-5H3,(H,25,28)/t23-/m1/s1. The van der Waals surface area contributed by atoms with E-state index in [1.54, 1.807) is 14.2 Å². The Kier molecular flexibility index (Phi) is 6.77. The lowest BCUT2D eigenvalue weighted by molar-refractivity contribution is -0.121. The van der Waals surface area contributed by atoms with Crippen molar-refractivity contribution in [2.75, 3.05) is 14.2 Å². The molecule has 3 rings (SSSR count). The molecule has 0 radical (unpaired) electrons. The van der Waals surface area contributed by atoms with Crippen molar-refractivity contribution < 1.29 is 14.3 Å². The molecule has 1 amide bonds. The topological polar surface area (TPSA) is 65.4 Å². The van der Waals surface area contributed by atoms with Crippen LogP contribution in [0.25, 0.3) is 0 Å². The summed E-state index contributed by atoms with van der Waals surface area (Å²) in [5.41, 5.74) is 5.03. The zero-order valence-corrected chi connectivity index (χ0v) is 18.2. The van der Waals surface area contributed by atoms with Crippen LogP contribution < -0.4 is 14.8 Å². The zero-order valence-electron chi connectivity index (χ0n) is 18.2. The number of amides is 1. The smallest absolute Gasteiger partial charge is 0.225 e. The van der Waals surface area contributed by atoms with Gasteiger partial charge in [-0.25, -0.2) is 0 Å². The summed E-state index contributed by atoms with van der Waals surface area (Å²) < 4.78 is 12.3. The monoisotopic (exact) mass is 407 g/mol. The second-order valence-electron chi connectivity index (χ2n) is 7.40. The molecule has 1 heterocycles. The molecule has 1 atom stereocenters. The van der Waals surface area contributed by atoms with Gasteiger partial charge in [0, 0.05) is 18.3 Å². The molecule has 0 saturated carbocycles. The van der Waals surface area contributed by atoms with E-state index in [0.717, 1.165) is 39.6 Å². The maximum Gasteiger partial charge on any atom is 0.225 e. The first kappa shape index (κ1) is 21.4. The van der Waals surface area contributed by atoms with E-state index in [1.807, 2.05) is 74.1 Å². The quantitative estimate of drug-likeness (QED) is 0.618. The Balaban J connectivity index is 1.81. The Labute approximate surface area is 177 Å². The van der Waals surface area contributed by atoms with Gasteiger partial charge in [0.2, 0.25) is 5.91 Å². The number of carbonyl (C=O) groups excluding carboxylic acids is 1. The number of nitrogens with zero attached hydrogens (tertiary/aromatic N) is 2. The molecule has 30 heavy (non-hydrogen) atoms. The molecule has 0 saturated heterocycles. The third kappa shape index (κ3) is 5.00. The van der Waals surface area contributed by atoms with Crippen LogP contribution in [0.3, 0.4) is 0 Å². The number of hydrogen-bond acceptors (Lipinski definition) is 4. The molecule has 1 aromatic heterocycles. The zero-order chi connectivity index (χ0) is 21.7. The second-order valence-corrected chi connectivity index (χ2v) is 7.40. The van der Waals surface area contributed by atoms with Crippen molar-refractivity contribution in [2.45, 2.75) is 32.7 Å². The summed E-state index contributed by atoms with van der Waals surface area (Å²) in [5.74, 6) is 1.57. The fourth-order valence-corrected chi connectivity index (χ4v) is 3.56. The SMILES string of the molecule is COc1ccc(C[C@@H](NC(=O)Cc2c(C)nn(C)c2C)c2ccc(OC)cc2)cc1. The highest BCUT2D eigenvalue weighted by Gasteiger charge is 2.19. The van der Waals surface area contributed by atoms with Crippen LogP contribution in [-0.4, -0.2) is 29.9 Å². The predicted molar refractivity (Wildman–Crippen MR) is 117 cm³/mol. The lowest BCUT2D eigenvalue weighted by Crippen LogP contribution is -2.31. The Bertz CT molecular complexity index is 992. The van der Waals surface area contributed by atoms with E-state index in [2.05, 4.69) is 10.4 Å². The fraction of sp³-hybridized carbons (Fsp3) is 0.333. The summed E-state index contributed by atoms with van der Waals surface area (Å²) in [6, 6.07) is 15.6. The van der Waals surface area contributed by atoms with Crippen LogP contribution in [0, 0.1) is 13.8 Å². The average molecular weight is 408 g/mol. The highest BCUT2D eigenvalue weighted by atomic mass is 16.5. The number of hydrogen-bond donors (Lipinski definition) is 1. The van der Waals surface area contributed by atoms with Crippen LogP contribution in [0.2, 0.25) is 0 Å². The number of ether oxygens (including phenoxy) is 2. The van der Waals surface area contributed by atoms with Crippen molar-refractivity contribution in [3.63, 3.8) is 0 Å². The van der Waals surface area contributed by atoms with Gasteiger partial charge in [0.25, 0.3) is 0 Å². The van der Waals surface area contributed by atoms with Crippen molar-refractivity contribution >= 4 is 5.91 Å². The third-order valence-electron chi connectivity index (χ3n) is 5.45. The summed E-state index contributed by atoms with van der Waals surface area (Å²) in [7, 11) is 5.19. The summed E-state index contributed by atoms with van der Waals surface area (Å²) in [6.07, 6.45) is 0.980. The Hall–Kier alpha value is -3.28. The highest BCUT2D eigenvalue weighted by Crippen LogP contribution is 2.23. The summed E-state index contributed by atoms with van der Waals surface area (Å²) in [4.78, 5) is 12.9. The van der Waals surface area contributed by atoms with E-state index < -0.39 is 0 Å². The van der Waals surface area contributed by atoms with E-state index in [-0.39, 0.29) is 11.9 Å². The van der Waals surface area contributed by atoms with Crippen LogP contribution >= 0.6 is 0 Å². The maximum absolute atomic E-state index is 12.9. The fourth-order valence-electron chi connectivity index (χ4n) is 3.56. The number of nitrogens with one attached hydrogen (secondary N) is 1. The first-order valence-corrected chi connectivity index (χ1v) is 9.96. The van der Waals surface area contributed by atoms with Crippen molar-refractivity contribution in [1.29, 1.82) is 0 Å². The van der Waals surface area contributed by atoms with Gasteiger partial charge in [0.1, 0.15) is 11.5 Å².